The van der Waals surface area contributed by atoms with Crippen LogP contribution in [0.1, 0.15) is 6.92 Å². The summed E-state index contributed by atoms with van der Waals surface area (Å²) in [6, 6.07) is 0. The third kappa shape index (κ3) is 13500. The van der Waals surface area contributed by atoms with E-state index in [9.17, 15) is 0 Å². The van der Waals surface area contributed by atoms with Gasteiger partial charge in [0.05, 0.1) is 0 Å². The van der Waals surface area contributed by atoms with Gasteiger partial charge in [-0.1, -0.05) is 0 Å². The molecule has 0 bridgehead atoms. The quantitative estimate of drug-likeness (QED) is 0.474. The van der Waals surface area contributed by atoms with Gasteiger partial charge >= 0.3 is 17.1 Å². The summed E-state index contributed by atoms with van der Waals surface area (Å²) in [6.07, 6.45) is 0. The van der Waals surface area contributed by atoms with E-state index in [2.05, 4.69) is 0 Å². The molecule has 6 heavy (non-hydrogen) atoms. The van der Waals surface area contributed by atoms with Gasteiger partial charge in [0.1, 0.15) is 0 Å². The van der Waals surface area contributed by atoms with Gasteiger partial charge in [0, 0.05) is 6.92 Å². The molecule has 0 aliphatic rings. The average Bonchev–Trinajstić information content (AvgIpc) is 0.811. The van der Waals surface area contributed by atoms with Gasteiger partial charge in [0.15, 0.2) is 0 Å². The van der Waals surface area contributed by atoms with Crippen molar-refractivity contribution in [3.05, 3.63) is 0 Å². The largest absolute Gasteiger partial charge is 1.00 e. The Labute approximate surface area is 46.8 Å². The van der Waals surface area contributed by atoms with Crippen molar-refractivity contribution in [3.63, 3.8) is 0 Å². The van der Waals surface area contributed by atoms with Crippen LogP contribution in [0.15, 0.2) is 0 Å². The van der Waals surface area contributed by atoms with Crippen LogP contribution in [-0.4, -0.2) is 11.1 Å². The average molecular weight is 141 g/mol. The van der Waals surface area contributed by atoms with Crippen molar-refractivity contribution in [3.8, 4) is 0 Å². The molecule has 0 aromatic carbocycles. The SMILES string of the molecule is CC(=O)O.N.[Cu+]. The van der Waals surface area contributed by atoms with E-state index in [0.717, 1.165) is 6.92 Å². The van der Waals surface area contributed by atoms with Gasteiger partial charge in [0.25, 0.3) is 5.97 Å². The van der Waals surface area contributed by atoms with Crippen molar-refractivity contribution >= 4 is 5.97 Å². The summed E-state index contributed by atoms with van der Waals surface area (Å²) >= 11 is 0. The molecular formula is C2H7CuNO2+. The molecule has 0 amide bonds. The zero-order valence-corrected chi connectivity index (χ0v) is 4.31. The van der Waals surface area contributed by atoms with Gasteiger partial charge in [-0.3, -0.25) is 4.79 Å². The molecule has 4 heteroatoms. The Kier molecular flexibility index (Phi) is 24.8. The molecular weight excluding hydrogens is 134 g/mol. The fraction of sp³-hybridized carbons (Fsp3) is 0.500. The number of hydrogen-bond acceptors (Lipinski definition) is 2. The second-order valence-electron chi connectivity index (χ2n) is 0.519. The second kappa shape index (κ2) is 8.87. The minimum absolute atomic E-state index is 0. The Morgan fingerprint density at radius 2 is 1.67 bits per heavy atom. The van der Waals surface area contributed by atoms with E-state index in [4.69, 9.17) is 9.90 Å². The molecule has 0 aromatic rings. The van der Waals surface area contributed by atoms with Crippen LogP contribution >= 0.6 is 0 Å². The monoisotopic (exact) mass is 140 g/mol. The maximum atomic E-state index is 9.00. The summed E-state index contributed by atoms with van der Waals surface area (Å²) in [5.41, 5.74) is 0. The van der Waals surface area contributed by atoms with Gasteiger partial charge in [-0.05, 0) is 0 Å². The number of carboxylic acids is 1. The summed E-state index contributed by atoms with van der Waals surface area (Å²) < 4.78 is 0. The van der Waals surface area contributed by atoms with Crippen molar-refractivity contribution in [2.45, 2.75) is 6.92 Å². The summed E-state index contributed by atoms with van der Waals surface area (Å²) in [7, 11) is 0. The molecule has 0 aliphatic carbocycles. The van der Waals surface area contributed by atoms with Gasteiger partial charge in [-0.2, -0.15) is 0 Å². The van der Waals surface area contributed by atoms with Crippen molar-refractivity contribution in [2.75, 3.05) is 0 Å². The molecule has 0 atom stereocenters. The zero-order valence-electron chi connectivity index (χ0n) is 3.36. The Balaban J connectivity index is -0.0000000450. The van der Waals surface area contributed by atoms with E-state index in [1.807, 2.05) is 0 Å². The van der Waals surface area contributed by atoms with Crippen LogP contribution in [0.2, 0.25) is 0 Å². The summed E-state index contributed by atoms with van der Waals surface area (Å²) in [5.74, 6) is -0.833. The number of hydrogen-bond donors (Lipinski definition) is 2. The van der Waals surface area contributed by atoms with Crippen molar-refractivity contribution < 1.29 is 27.0 Å². The number of carboxylic acid groups (broad SMARTS) is 1. The van der Waals surface area contributed by atoms with Gasteiger partial charge < -0.3 is 11.3 Å². The summed E-state index contributed by atoms with van der Waals surface area (Å²) in [6.45, 7) is 1.08. The normalized spacial score (nSPS) is 4.17. The molecule has 0 rings (SSSR count). The second-order valence-corrected chi connectivity index (χ2v) is 0.519. The minimum Gasteiger partial charge on any atom is -0.481 e. The van der Waals surface area contributed by atoms with Crippen molar-refractivity contribution in [1.82, 2.24) is 6.15 Å². The minimum atomic E-state index is -0.833. The Morgan fingerprint density at radius 1 is 1.67 bits per heavy atom. The van der Waals surface area contributed by atoms with Crippen LogP contribution in [0.25, 0.3) is 0 Å². The first-order valence-electron chi connectivity index (χ1n) is 0.928. The molecule has 0 saturated heterocycles. The van der Waals surface area contributed by atoms with Crippen LogP contribution in [0.5, 0.6) is 0 Å². The maximum absolute atomic E-state index is 9.00. The van der Waals surface area contributed by atoms with Gasteiger partial charge in [-0.25, -0.2) is 0 Å². The van der Waals surface area contributed by atoms with Gasteiger partial charge in [-0.15, -0.1) is 0 Å². The molecule has 0 aromatic heterocycles. The van der Waals surface area contributed by atoms with Crippen molar-refractivity contribution in [2.24, 2.45) is 0 Å². The van der Waals surface area contributed by atoms with E-state index in [-0.39, 0.29) is 23.2 Å². The standard InChI is InChI=1S/C2H4O2.Cu.H3N/c1-2(3)4;;/h1H3,(H,3,4);;1H3/q;+1;. The van der Waals surface area contributed by atoms with Crippen molar-refractivity contribution in [1.29, 1.82) is 0 Å². The molecule has 0 fully saturated rings. The molecule has 0 radical (unpaired) electrons. The Hall–Kier alpha value is -0.0505. The topological polar surface area (TPSA) is 72.3 Å². The van der Waals surface area contributed by atoms with E-state index in [0.29, 0.717) is 0 Å². The molecule has 0 unspecified atom stereocenters. The molecule has 0 aliphatic heterocycles. The Bertz CT molecular complexity index is 34.5. The Morgan fingerprint density at radius 3 is 1.67 bits per heavy atom. The zero-order chi connectivity index (χ0) is 3.58. The fourth-order valence-electron chi connectivity index (χ4n) is 0. The first-order valence-corrected chi connectivity index (χ1v) is 0.928. The van der Waals surface area contributed by atoms with Crippen LogP contribution in [-0.2, 0) is 21.9 Å². The van der Waals surface area contributed by atoms with E-state index in [1.54, 1.807) is 0 Å². The molecule has 4 N–H and O–H groups in total. The molecule has 42 valence electrons. The fourth-order valence-corrected chi connectivity index (χ4v) is 0. The predicted octanol–water partition coefficient (Wildman–Crippen LogP) is 0.250. The smallest absolute Gasteiger partial charge is 0.481 e. The number of rotatable bonds is 0. The number of carbonyl (C=O) groups is 1. The first kappa shape index (κ1) is 16.8. The van der Waals surface area contributed by atoms with Crippen LogP contribution in [0.4, 0.5) is 0 Å². The van der Waals surface area contributed by atoms with Gasteiger partial charge in [0.2, 0.25) is 0 Å². The predicted molar refractivity (Wildman–Crippen MR) is 18.3 cm³/mol. The van der Waals surface area contributed by atoms with E-state index < -0.39 is 5.97 Å². The third-order valence-electron chi connectivity index (χ3n) is 0. The van der Waals surface area contributed by atoms with E-state index in [1.165, 1.54) is 0 Å². The van der Waals surface area contributed by atoms with Crippen LogP contribution < -0.4 is 6.15 Å². The molecule has 0 heterocycles. The summed E-state index contributed by atoms with van der Waals surface area (Å²) in [5, 5.41) is 7.42. The molecule has 0 saturated carbocycles. The maximum Gasteiger partial charge on any atom is 1.00 e. The molecule has 0 spiro atoms. The van der Waals surface area contributed by atoms with E-state index >= 15 is 0 Å². The number of aliphatic carboxylic acids is 1. The van der Waals surface area contributed by atoms with Crippen LogP contribution in [0.3, 0.4) is 0 Å². The summed E-state index contributed by atoms with van der Waals surface area (Å²) in [4.78, 5) is 9.00. The van der Waals surface area contributed by atoms with Crippen LogP contribution in [0, 0.1) is 0 Å². The first-order chi connectivity index (χ1) is 1.73. The molecule has 3 nitrogen and oxygen atoms in total. The third-order valence-corrected chi connectivity index (χ3v) is 0.